The Morgan fingerprint density at radius 2 is 1.88 bits per heavy atom. The fraction of sp³-hybridized carbons (Fsp3) is 0.375. The second kappa shape index (κ2) is 8.44. The molecule has 0 spiro atoms. The zero-order chi connectivity index (χ0) is 24.0. The van der Waals surface area contributed by atoms with E-state index >= 15 is 0 Å². The Morgan fingerprint density at radius 3 is 2.56 bits per heavy atom. The van der Waals surface area contributed by atoms with Crippen LogP contribution in [0, 0.1) is 0 Å². The third-order valence-corrected chi connectivity index (χ3v) is 5.79. The maximum Gasteiger partial charge on any atom is 0.339 e. The molecule has 1 aromatic carbocycles. The molecule has 0 saturated heterocycles. The number of carbonyl (C=O) groups is 3. The van der Waals surface area contributed by atoms with E-state index in [1.54, 1.807) is 16.9 Å². The van der Waals surface area contributed by atoms with Crippen LogP contribution in [0.2, 0.25) is 0 Å². The summed E-state index contributed by atoms with van der Waals surface area (Å²) in [7, 11) is 0. The van der Waals surface area contributed by atoms with Crippen molar-refractivity contribution in [1.82, 2.24) is 14.8 Å². The lowest BCUT2D eigenvalue weighted by Crippen LogP contribution is -2.22. The summed E-state index contributed by atoms with van der Waals surface area (Å²) in [5, 5.41) is 7.58. The highest BCUT2D eigenvalue weighted by Crippen LogP contribution is 2.40. The molecular formula is C24H24N4O6. The van der Waals surface area contributed by atoms with E-state index in [0.29, 0.717) is 34.0 Å². The number of nitrogens with zero attached hydrogens (tertiary/aromatic N) is 3. The Morgan fingerprint density at radius 1 is 1.15 bits per heavy atom. The molecule has 176 valence electrons. The van der Waals surface area contributed by atoms with Crippen molar-refractivity contribution in [2.45, 2.75) is 45.6 Å². The summed E-state index contributed by atoms with van der Waals surface area (Å²) >= 11 is 0. The molecule has 10 heteroatoms. The number of nitrogens with one attached hydrogen (secondary N) is 1. The Bertz CT molecular complexity index is 1320. The predicted octanol–water partition coefficient (Wildman–Crippen LogP) is 3.62. The van der Waals surface area contributed by atoms with Gasteiger partial charge in [0.05, 0.1) is 22.8 Å². The Labute approximate surface area is 195 Å². The second-order valence-corrected chi connectivity index (χ2v) is 8.72. The van der Waals surface area contributed by atoms with Crippen LogP contribution in [0.4, 0.5) is 5.69 Å². The number of benzene rings is 1. The number of aromatic nitrogens is 3. The number of rotatable bonds is 7. The number of ketones is 1. The smallest absolute Gasteiger partial charge is 0.339 e. The third kappa shape index (κ3) is 4.07. The summed E-state index contributed by atoms with van der Waals surface area (Å²) in [6.07, 6.45) is 3.65. The lowest BCUT2D eigenvalue weighted by molar-refractivity contribution is -0.119. The molecule has 2 aliphatic rings. The Balaban J connectivity index is 1.34. The number of esters is 1. The molecule has 2 aromatic heterocycles. The average Bonchev–Trinajstić information content (AvgIpc) is 3.39. The van der Waals surface area contributed by atoms with Gasteiger partial charge in [0.1, 0.15) is 0 Å². The molecule has 0 unspecified atom stereocenters. The molecule has 5 rings (SSSR count). The summed E-state index contributed by atoms with van der Waals surface area (Å²) in [4.78, 5) is 42.3. The zero-order valence-electron chi connectivity index (χ0n) is 19.1. The van der Waals surface area contributed by atoms with E-state index in [1.807, 2.05) is 13.8 Å². The summed E-state index contributed by atoms with van der Waals surface area (Å²) in [5.41, 5.74) is 2.33. The van der Waals surface area contributed by atoms with Crippen LogP contribution < -0.4 is 14.8 Å². The molecular weight excluding hydrogens is 440 g/mol. The highest BCUT2D eigenvalue weighted by Gasteiger charge is 2.29. The molecule has 1 saturated carbocycles. The van der Waals surface area contributed by atoms with E-state index in [-0.39, 0.29) is 29.9 Å². The number of fused-ring (bicyclic) bond motifs is 2. The van der Waals surface area contributed by atoms with Crippen molar-refractivity contribution in [2.75, 3.05) is 18.7 Å². The highest BCUT2D eigenvalue weighted by molar-refractivity contribution is 6.06. The van der Waals surface area contributed by atoms with Crippen molar-refractivity contribution < 1.29 is 28.6 Å². The first-order chi connectivity index (χ1) is 16.3. The first-order valence-corrected chi connectivity index (χ1v) is 11.1. The van der Waals surface area contributed by atoms with E-state index in [0.717, 1.165) is 18.5 Å². The first-order valence-electron chi connectivity index (χ1n) is 11.1. The van der Waals surface area contributed by atoms with Crippen LogP contribution in [0.25, 0.3) is 11.0 Å². The van der Waals surface area contributed by atoms with Crippen LogP contribution in [0.1, 0.15) is 72.0 Å². The van der Waals surface area contributed by atoms with Gasteiger partial charge in [0.25, 0.3) is 5.91 Å². The molecule has 1 amide bonds. The van der Waals surface area contributed by atoms with Gasteiger partial charge in [0.2, 0.25) is 6.79 Å². The van der Waals surface area contributed by atoms with E-state index in [2.05, 4.69) is 10.4 Å². The van der Waals surface area contributed by atoms with Crippen molar-refractivity contribution in [3.63, 3.8) is 0 Å². The number of hydrogen-bond donors (Lipinski definition) is 1. The van der Waals surface area contributed by atoms with Gasteiger partial charge in [-0.2, -0.15) is 5.10 Å². The molecule has 1 aliphatic carbocycles. The average molecular weight is 464 g/mol. The SMILES string of the molecule is CC(=O)c1cc2c(cc1NC(=O)COC(=O)c1cc(C3CC3)nc3c1cnn3C(C)C)OCO2. The Hall–Kier alpha value is -3.95. The van der Waals surface area contributed by atoms with Gasteiger partial charge in [-0.15, -0.1) is 0 Å². The van der Waals surface area contributed by atoms with Crippen molar-refractivity contribution in [2.24, 2.45) is 0 Å². The minimum Gasteiger partial charge on any atom is -0.454 e. The van der Waals surface area contributed by atoms with Gasteiger partial charge in [0, 0.05) is 29.3 Å². The maximum atomic E-state index is 13.0. The molecule has 3 aromatic rings. The van der Waals surface area contributed by atoms with Crippen LogP contribution in [0.3, 0.4) is 0 Å². The summed E-state index contributed by atoms with van der Waals surface area (Å²) < 4.78 is 17.7. The molecule has 1 fully saturated rings. The van der Waals surface area contributed by atoms with E-state index in [1.165, 1.54) is 19.1 Å². The minimum absolute atomic E-state index is 0.0400. The summed E-state index contributed by atoms with van der Waals surface area (Å²) in [5.74, 6) is -0.285. The van der Waals surface area contributed by atoms with Crippen LogP contribution in [0.15, 0.2) is 24.4 Å². The lowest BCUT2D eigenvalue weighted by Gasteiger charge is -2.12. The lowest BCUT2D eigenvalue weighted by atomic mass is 10.1. The topological polar surface area (TPSA) is 122 Å². The van der Waals surface area contributed by atoms with Gasteiger partial charge in [-0.25, -0.2) is 14.5 Å². The monoisotopic (exact) mass is 464 g/mol. The predicted molar refractivity (Wildman–Crippen MR) is 121 cm³/mol. The van der Waals surface area contributed by atoms with Gasteiger partial charge in [0.15, 0.2) is 29.5 Å². The maximum absolute atomic E-state index is 13.0. The highest BCUT2D eigenvalue weighted by atomic mass is 16.7. The van der Waals surface area contributed by atoms with Gasteiger partial charge < -0.3 is 19.5 Å². The summed E-state index contributed by atoms with van der Waals surface area (Å²) in [6, 6.07) is 4.85. The van der Waals surface area contributed by atoms with Gasteiger partial charge in [-0.1, -0.05) is 0 Å². The van der Waals surface area contributed by atoms with Crippen molar-refractivity contribution in [1.29, 1.82) is 0 Å². The van der Waals surface area contributed by atoms with E-state index in [9.17, 15) is 14.4 Å². The van der Waals surface area contributed by atoms with Crippen LogP contribution in [-0.4, -0.2) is 45.8 Å². The third-order valence-electron chi connectivity index (χ3n) is 5.79. The molecule has 0 atom stereocenters. The number of hydrogen-bond acceptors (Lipinski definition) is 8. The van der Waals surface area contributed by atoms with Crippen LogP contribution in [-0.2, 0) is 9.53 Å². The number of anilines is 1. The normalized spacial score (nSPS) is 14.5. The fourth-order valence-electron chi connectivity index (χ4n) is 3.90. The number of carbonyl (C=O) groups excluding carboxylic acids is 3. The molecule has 0 bridgehead atoms. The van der Waals surface area contributed by atoms with Gasteiger partial charge in [-0.05, 0) is 45.7 Å². The molecule has 34 heavy (non-hydrogen) atoms. The standard InChI is InChI=1S/C24H24N4O6/c1-12(2)28-23-17(9-25-28)16(6-18(27-23)14-4-5-14)24(31)32-10-22(30)26-19-8-21-20(33-11-34-21)7-15(19)13(3)29/h6-9,12,14H,4-5,10-11H2,1-3H3,(H,26,30). The van der Waals surface area contributed by atoms with Gasteiger partial charge in [-0.3, -0.25) is 9.59 Å². The number of ether oxygens (including phenoxy) is 3. The zero-order valence-corrected chi connectivity index (χ0v) is 19.1. The molecule has 3 heterocycles. The van der Waals surface area contributed by atoms with E-state index in [4.69, 9.17) is 19.2 Å². The minimum atomic E-state index is -0.634. The van der Waals surface area contributed by atoms with Crippen molar-refractivity contribution in [3.05, 3.63) is 41.2 Å². The van der Waals surface area contributed by atoms with Gasteiger partial charge >= 0.3 is 5.97 Å². The largest absolute Gasteiger partial charge is 0.454 e. The number of pyridine rings is 1. The van der Waals surface area contributed by atoms with E-state index < -0.39 is 18.5 Å². The Kier molecular flexibility index (Phi) is 5.43. The van der Waals surface area contributed by atoms with Crippen LogP contribution >= 0.6 is 0 Å². The number of amides is 1. The van der Waals surface area contributed by atoms with Crippen molar-refractivity contribution in [3.8, 4) is 11.5 Å². The first kappa shape index (κ1) is 21.9. The molecule has 1 aliphatic heterocycles. The molecule has 0 radical (unpaired) electrons. The quantitative estimate of drug-likeness (QED) is 0.416. The van der Waals surface area contributed by atoms with Crippen molar-refractivity contribution >= 4 is 34.4 Å². The fourth-order valence-corrected chi connectivity index (χ4v) is 3.90. The summed E-state index contributed by atoms with van der Waals surface area (Å²) in [6.45, 7) is 4.89. The molecule has 1 N–H and O–H groups in total. The van der Waals surface area contributed by atoms with Crippen LogP contribution in [0.5, 0.6) is 11.5 Å². The second-order valence-electron chi connectivity index (χ2n) is 8.72. The number of Topliss-reactive ketones (excluding diaryl/α,β-unsaturated/α-hetero) is 1. The molecule has 10 nitrogen and oxygen atoms in total.